The van der Waals surface area contributed by atoms with Gasteiger partial charge in [0.05, 0.1) is 12.5 Å². The molecule has 0 bridgehead atoms. The number of aliphatic hydroxyl groups excluding tert-OH is 1. The smallest absolute Gasteiger partial charge is 0.252 e. The Balaban J connectivity index is 3.12. The average Bonchev–Trinajstić information content (AvgIpc) is 2.59. The molecule has 0 unspecified atom stereocenters. The number of hydrogen-bond acceptors (Lipinski definition) is 6. The first-order chi connectivity index (χ1) is 12.7. The summed E-state index contributed by atoms with van der Waals surface area (Å²) in [5, 5.41) is 17.7. The summed E-state index contributed by atoms with van der Waals surface area (Å²) in [7, 11) is 0. The number of ether oxygens (including phenoxy) is 1. The molecule has 0 aliphatic carbocycles. The third-order valence-corrected chi connectivity index (χ3v) is 3.60. The van der Waals surface area contributed by atoms with Crippen LogP contribution in [0.2, 0.25) is 0 Å². The third kappa shape index (κ3) is 6.75. The minimum atomic E-state index is -1.09. The Morgan fingerprint density at radius 1 is 1.41 bits per heavy atom. The van der Waals surface area contributed by atoms with Gasteiger partial charge in [-0.25, -0.2) is 5.48 Å². The van der Waals surface area contributed by atoms with Crippen LogP contribution in [0.25, 0.3) is 0 Å². The molecule has 27 heavy (non-hydrogen) atoms. The van der Waals surface area contributed by atoms with Crippen molar-refractivity contribution in [1.82, 2.24) is 5.48 Å². The van der Waals surface area contributed by atoms with Crippen LogP contribution in [0.1, 0.15) is 42.1 Å². The molecule has 1 rings (SSSR count). The molecule has 0 saturated heterocycles. The van der Waals surface area contributed by atoms with E-state index in [4.69, 9.17) is 26.5 Å². The van der Waals surface area contributed by atoms with Crippen LogP contribution >= 0.6 is 0 Å². The lowest BCUT2D eigenvalue weighted by Gasteiger charge is -2.30. The summed E-state index contributed by atoms with van der Waals surface area (Å²) < 4.78 is 5.57. The fraction of sp³-hybridized carbons (Fsp3) is 0.368. The Morgan fingerprint density at radius 2 is 2.11 bits per heavy atom. The Hall–Kier alpha value is -2.86. The molecule has 0 heterocycles. The molecule has 0 aliphatic rings. The number of primary amides is 1. The first kappa shape index (κ1) is 22.2. The number of allylic oxidation sites excluding steroid dienone is 1. The van der Waals surface area contributed by atoms with Gasteiger partial charge in [-0.2, -0.15) is 0 Å². The summed E-state index contributed by atoms with van der Waals surface area (Å²) >= 11 is 0. The van der Waals surface area contributed by atoms with Crippen LogP contribution in [0.15, 0.2) is 30.4 Å². The molecule has 146 valence electrons. The van der Waals surface area contributed by atoms with Crippen molar-refractivity contribution >= 4 is 11.8 Å². The van der Waals surface area contributed by atoms with Crippen LogP contribution < -0.4 is 21.7 Å². The van der Waals surface area contributed by atoms with E-state index in [2.05, 4.69) is 11.8 Å². The maximum absolute atomic E-state index is 12.2. The van der Waals surface area contributed by atoms with E-state index in [0.717, 1.165) is 0 Å². The molecular formula is C19H25N3O5. The van der Waals surface area contributed by atoms with Gasteiger partial charge in [0.25, 0.3) is 5.91 Å². The van der Waals surface area contributed by atoms with Gasteiger partial charge in [0.1, 0.15) is 12.4 Å². The van der Waals surface area contributed by atoms with Crippen LogP contribution in [0.3, 0.4) is 0 Å². The van der Waals surface area contributed by atoms with Crippen molar-refractivity contribution < 1.29 is 24.6 Å². The second-order valence-electron chi connectivity index (χ2n) is 6.35. The number of hydroxylamine groups is 1. The molecule has 0 aromatic heterocycles. The predicted octanol–water partition coefficient (Wildman–Crippen LogP) is 0.433. The van der Waals surface area contributed by atoms with E-state index in [9.17, 15) is 9.59 Å². The highest BCUT2D eigenvalue weighted by atomic mass is 16.5. The highest BCUT2D eigenvalue weighted by Gasteiger charge is 2.36. The molecule has 7 N–H and O–H groups in total. The maximum Gasteiger partial charge on any atom is 0.252 e. The minimum Gasteiger partial charge on any atom is -0.490 e. The van der Waals surface area contributed by atoms with Gasteiger partial charge in [-0.3, -0.25) is 14.8 Å². The third-order valence-electron chi connectivity index (χ3n) is 3.60. The molecule has 0 radical (unpaired) electrons. The molecule has 1 atom stereocenters. The molecule has 0 spiro atoms. The van der Waals surface area contributed by atoms with E-state index >= 15 is 0 Å². The monoisotopic (exact) mass is 375 g/mol. The summed E-state index contributed by atoms with van der Waals surface area (Å²) in [5.74, 6) is 3.35. The molecule has 1 aromatic rings. The first-order valence-corrected chi connectivity index (χ1v) is 8.26. The van der Waals surface area contributed by atoms with Crippen LogP contribution in [-0.4, -0.2) is 40.9 Å². The molecule has 1 aromatic carbocycles. The zero-order valence-corrected chi connectivity index (χ0v) is 15.4. The van der Waals surface area contributed by atoms with Crippen molar-refractivity contribution in [3.05, 3.63) is 41.5 Å². The summed E-state index contributed by atoms with van der Waals surface area (Å²) in [6.07, 6.45) is 3.67. The van der Waals surface area contributed by atoms with Gasteiger partial charge in [-0.1, -0.05) is 11.8 Å². The predicted molar refractivity (Wildman–Crippen MR) is 100 cm³/mol. The van der Waals surface area contributed by atoms with Crippen molar-refractivity contribution in [2.45, 2.75) is 31.7 Å². The van der Waals surface area contributed by atoms with E-state index in [1.165, 1.54) is 12.1 Å². The lowest BCUT2D eigenvalue weighted by molar-refractivity contribution is -0.132. The summed E-state index contributed by atoms with van der Waals surface area (Å²) in [4.78, 5) is 23.9. The van der Waals surface area contributed by atoms with Gasteiger partial charge in [0, 0.05) is 17.5 Å². The van der Waals surface area contributed by atoms with Crippen molar-refractivity contribution in [2.75, 3.05) is 13.2 Å². The van der Waals surface area contributed by atoms with Crippen molar-refractivity contribution in [1.29, 1.82) is 0 Å². The topological polar surface area (TPSA) is 148 Å². The highest BCUT2D eigenvalue weighted by molar-refractivity contribution is 5.97. The molecule has 0 saturated carbocycles. The number of rotatable bonds is 8. The normalized spacial score (nSPS) is 12.2. The number of nitrogens with two attached hydrogens (primary N) is 2. The average molecular weight is 375 g/mol. The van der Waals surface area contributed by atoms with Crippen molar-refractivity contribution in [3.63, 3.8) is 0 Å². The molecule has 8 heteroatoms. The second kappa shape index (κ2) is 10.3. The zero-order valence-electron chi connectivity index (χ0n) is 15.4. The summed E-state index contributed by atoms with van der Waals surface area (Å²) in [5.41, 5.74) is 12.3. The van der Waals surface area contributed by atoms with Crippen LogP contribution in [0.5, 0.6) is 5.75 Å². The highest BCUT2D eigenvalue weighted by Crippen LogP contribution is 2.32. The SMILES string of the molecule is CC(C)(N)[C@@H](C(=O)NO)c1cc(OC/C=C/C#CCCO)ccc1C(N)=O. The quantitative estimate of drug-likeness (QED) is 0.253. The van der Waals surface area contributed by atoms with Crippen LogP contribution in [0, 0.1) is 11.8 Å². The lowest BCUT2D eigenvalue weighted by atomic mass is 9.80. The van der Waals surface area contributed by atoms with Crippen LogP contribution in [-0.2, 0) is 4.79 Å². The van der Waals surface area contributed by atoms with Crippen LogP contribution in [0.4, 0.5) is 0 Å². The zero-order chi connectivity index (χ0) is 20.4. The number of carbonyl (C=O) groups is 2. The van der Waals surface area contributed by atoms with Gasteiger partial charge in [0.2, 0.25) is 5.91 Å². The number of nitrogens with one attached hydrogen (secondary N) is 1. The molecular weight excluding hydrogens is 350 g/mol. The fourth-order valence-electron chi connectivity index (χ4n) is 2.48. The molecule has 8 nitrogen and oxygen atoms in total. The van der Waals surface area contributed by atoms with E-state index in [-0.39, 0.29) is 24.3 Å². The minimum absolute atomic E-state index is 0.00635. The van der Waals surface area contributed by atoms with Gasteiger partial charge in [0.15, 0.2) is 0 Å². The first-order valence-electron chi connectivity index (χ1n) is 8.26. The van der Waals surface area contributed by atoms with E-state index in [0.29, 0.717) is 12.2 Å². The van der Waals surface area contributed by atoms with E-state index in [1.54, 1.807) is 37.5 Å². The Morgan fingerprint density at radius 3 is 2.67 bits per heavy atom. The Kier molecular flexibility index (Phi) is 8.48. The number of benzene rings is 1. The lowest BCUT2D eigenvalue weighted by Crippen LogP contribution is -2.47. The molecule has 0 aliphatic heterocycles. The second-order valence-corrected chi connectivity index (χ2v) is 6.35. The van der Waals surface area contributed by atoms with E-state index in [1.807, 2.05) is 0 Å². The largest absolute Gasteiger partial charge is 0.490 e. The maximum atomic E-state index is 12.2. The van der Waals surface area contributed by atoms with Gasteiger partial charge in [-0.15, -0.1) is 0 Å². The van der Waals surface area contributed by atoms with Gasteiger partial charge >= 0.3 is 0 Å². The summed E-state index contributed by atoms with van der Waals surface area (Å²) in [6, 6.07) is 4.49. The number of amides is 2. The molecule has 0 fully saturated rings. The van der Waals surface area contributed by atoms with Gasteiger partial charge < -0.3 is 21.3 Å². The standard InChI is InChI=1S/C19H25N3O5/c1-19(2,21)16(18(25)22-26)15-12-13(8-9-14(15)17(20)24)27-11-7-5-3-4-6-10-23/h5,7-9,12,16,23,26H,6,10-11,21H2,1-2H3,(H2,20,24)(H,22,25)/b7-5+/t16-/m1/s1. The number of carbonyl (C=O) groups excluding carboxylic acids is 2. The number of hydrogen-bond donors (Lipinski definition) is 5. The van der Waals surface area contributed by atoms with Crippen molar-refractivity contribution in [2.24, 2.45) is 11.5 Å². The Bertz CT molecular complexity index is 757. The number of aliphatic hydroxyl groups is 1. The Labute approximate surface area is 158 Å². The van der Waals surface area contributed by atoms with Crippen molar-refractivity contribution in [3.8, 4) is 17.6 Å². The van der Waals surface area contributed by atoms with E-state index < -0.39 is 23.3 Å². The molecule has 2 amide bonds. The fourth-order valence-corrected chi connectivity index (χ4v) is 2.48. The van der Waals surface area contributed by atoms with Gasteiger partial charge in [-0.05, 0) is 49.8 Å². The summed E-state index contributed by atoms with van der Waals surface area (Å²) in [6.45, 7) is 3.40.